The molecule has 1 aromatic rings. The fourth-order valence-corrected chi connectivity index (χ4v) is 2.89. The van der Waals surface area contributed by atoms with Gasteiger partial charge in [-0.25, -0.2) is 0 Å². The monoisotopic (exact) mass is 326 g/mol. The minimum atomic E-state index is -1.85. The Morgan fingerprint density at radius 2 is 1.77 bits per heavy atom. The zero-order valence-corrected chi connectivity index (χ0v) is 15.5. The van der Waals surface area contributed by atoms with Crippen LogP contribution in [-0.2, 0) is 9.94 Å². The number of hydrogen-bond donors (Lipinski definition) is 1. The Hall–Kier alpha value is -0.630. The third-order valence-electron chi connectivity index (χ3n) is 3.87. The van der Waals surface area contributed by atoms with Gasteiger partial charge in [0.25, 0.3) is 0 Å². The van der Waals surface area contributed by atoms with Crippen molar-refractivity contribution in [2.45, 2.75) is 65.7 Å². The lowest BCUT2D eigenvalue weighted by molar-refractivity contribution is 0.204. The first-order chi connectivity index (χ1) is 10.4. The van der Waals surface area contributed by atoms with E-state index in [4.69, 9.17) is 9.05 Å². The molecule has 3 nitrogen and oxygen atoms in total. The van der Waals surface area contributed by atoms with Crippen LogP contribution in [0.25, 0.3) is 0 Å². The van der Waals surface area contributed by atoms with Gasteiger partial charge in [-0.15, -0.1) is 0 Å². The van der Waals surface area contributed by atoms with Crippen LogP contribution in [0.2, 0.25) is 0 Å². The molecule has 1 N–H and O–H groups in total. The summed E-state index contributed by atoms with van der Waals surface area (Å²) in [4.78, 5) is 9.92. The molecule has 0 aliphatic rings. The van der Waals surface area contributed by atoms with Crippen molar-refractivity contribution in [1.82, 2.24) is 0 Å². The van der Waals surface area contributed by atoms with Crippen molar-refractivity contribution in [1.29, 1.82) is 0 Å². The van der Waals surface area contributed by atoms with Gasteiger partial charge >= 0.3 is 8.60 Å². The quantitative estimate of drug-likeness (QED) is 0.582. The second-order valence-corrected chi connectivity index (χ2v) is 7.73. The van der Waals surface area contributed by atoms with Crippen molar-refractivity contribution in [3.8, 4) is 5.75 Å². The smallest absolute Gasteiger partial charge is 0.394 e. The molecule has 2 unspecified atom stereocenters. The van der Waals surface area contributed by atoms with Crippen LogP contribution in [0.15, 0.2) is 24.3 Å². The van der Waals surface area contributed by atoms with E-state index in [1.807, 2.05) is 24.3 Å². The van der Waals surface area contributed by atoms with E-state index in [9.17, 15) is 4.89 Å². The molecule has 22 heavy (non-hydrogen) atoms. The number of hydrogen-bond acceptors (Lipinski definition) is 3. The predicted molar refractivity (Wildman–Crippen MR) is 94.2 cm³/mol. The lowest BCUT2D eigenvalue weighted by atomic mass is 9.87. The molecule has 126 valence electrons. The van der Waals surface area contributed by atoms with Crippen LogP contribution < -0.4 is 4.52 Å². The molecule has 0 spiro atoms. The van der Waals surface area contributed by atoms with Gasteiger partial charge < -0.3 is 13.9 Å². The lowest BCUT2D eigenvalue weighted by Gasteiger charge is -2.20. The van der Waals surface area contributed by atoms with Gasteiger partial charge in [0.2, 0.25) is 0 Å². The van der Waals surface area contributed by atoms with Gasteiger partial charge in [0, 0.05) is 0 Å². The topological polar surface area (TPSA) is 38.7 Å². The second kappa shape index (κ2) is 9.50. The Morgan fingerprint density at radius 3 is 2.27 bits per heavy atom. The minimum Gasteiger partial charge on any atom is -0.427 e. The molecule has 0 bridgehead atoms. The summed E-state index contributed by atoms with van der Waals surface area (Å²) in [5, 5.41) is 0. The first-order valence-electron chi connectivity index (χ1n) is 8.27. The summed E-state index contributed by atoms with van der Waals surface area (Å²) in [5.74, 6) is 1.16. The van der Waals surface area contributed by atoms with Gasteiger partial charge in [-0.3, -0.25) is 0 Å². The molecule has 0 aliphatic heterocycles. The maximum absolute atomic E-state index is 9.92. The third kappa shape index (κ3) is 7.09. The van der Waals surface area contributed by atoms with Crippen LogP contribution in [0.1, 0.15) is 65.9 Å². The zero-order chi connectivity index (χ0) is 16.6. The maximum atomic E-state index is 9.92. The molecule has 0 fully saturated rings. The van der Waals surface area contributed by atoms with Crippen molar-refractivity contribution in [2.75, 3.05) is 6.61 Å². The van der Waals surface area contributed by atoms with E-state index in [1.54, 1.807) is 0 Å². The standard InChI is InChI=1S/C18H31O3P/c1-6-8-9-15(7-2)14-20-22(19)21-17-12-10-16(11-13-17)18(3,4)5/h10-13,15,19H,6-9,14H2,1-5H3. The molecule has 0 radical (unpaired) electrons. The summed E-state index contributed by atoms with van der Waals surface area (Å²) in [6.07, 6.45) is 4.63. The SMILES string of the molecule is CCCCC(CC)COP(O)Oc1ccc(C(C)(C)C)cc1. The van der Waals surface area contributed by atoms with Crippen LogP contribution in [0, 0.1) is 5.92 Å². The Balaban J connectivity index is 2.42. The zero-order valence-electron chi connectivity index (χ0n) is 14.6. The molecule has 0 saturated heterocycles. The van der Waals surface area contributed by atoms with Gasteiger partial charge in [0.05, 0.1) is 6.61 Å². The molecule has 4 heteroatoms. The van der Waals surface area contributed by atoms with E-state index in [-0.39, 0.29) is 5.41 Å². The minimum absolute atomic E-state index is 0.118. The fraction of sp³-hybridized carbons (Fsp3) is 0.667. The summed E-state index contributed by atoms with van der Waals surface area (Å²) in [6.45, 7) is 11.4. The summed E-state index contributed by atoms with van der Waals surface area (Å²) < 4.78 is 11.0. The highest BCUT2D eigenvalue weighted by atomic mass is 31.2. The first-order valence-corrected chi connectivity index (χ1v) is 9.40. The van der Waals surface area contributed by atoms with Gasteiger partial charge in [-0.05, 0) is 35.4 Å². The van der Waals surface area contributed by atoms with Crippen LogP contribution in [-0.4, -0.2) is 11.5 Å². The average molecular weight is 326 g/mol. The highest BCUT2D eigenvalue weighted by Gasteiger charge is 2.16. The largest absolute Gasteiger partial charge is 0.427 e. The molecular weight excluding hydrogens is 295 g/mol. The molecule has 0 saturated carbocycles. The van der Waals surface area contributed by atoms with Crippen LogP contribution >= 0.6 is 8.60 Å². The lowest BCUT2D eigenvalue weighted by Crippen LogP contribution is -2.10. The molecule has 0 aliphatic carbocycles. The molecular formula is C18H31O3P. The molecule has 0 heterocycles. The Labute approximate surface area is 137 Å². The second-order valence-electron chi connectivity index (χ2n) is 6.82. The average Bonchev–Trinajstić information content (AvgIpc) is 2.47. The Bertz CT molecular complexity index is 411. The van der Waals surface area contributed by atoms with E-state index in [1.165, 1.54) is 18.4 Å². The van der Waals surface area contributed by atoms with Gasteiger partial charge in [-0.1, -0.05) is 66.0 Å². The predicted octanol–water partition coefficient (Wildman–Crippen LogP) is 5.82. The maximum Gasteiger partial charge on any atom is 0.394 e. The number of benzene rings is 1. The van der Waals surface area contributed by atoms with Crippen LogP contribution in [0.3, 0.4) is 0 Å². The number of rotatable bonds is 9. The van der Waals surface area contributed by atoms with E-state index in [0.29, 0.717) is 18.3 Å². The van der Waals surface area contributed by atoms with E-state index < -0.39 is 8.60 Å². The van der Waals surface area contributed by atoms with Gasteiger partial charge in [0.15, 0.2) is 0 Å². The summed E-state index contributed by atoms with van der Waals surface area (Å²) in [7, 11) is -1.85. The Morgan fingerprint density at radius 1 is 1.14 bits per heavy atom. The van der Waals surface area contributed by atoms with E-state index in [0.717, 1.165) is 12.8 Å². The van der Waals surface area contributed by atoms with E-state index in [2.05, 4.69) is 34.6 Å². The molecule has 1 aromatic carbocycles. The van der Waals surface area contributed by atoms with Crippen molar-refractivity contribution < 1.29 is 13.9 Å². The van der Waals surface area contributed by atoms with Crippen LogP contribution in [0.5, 0.6) is 5.75 Å². The fourth-order valence-electron chi connectivity index (χ4n) is 2.20. The summed E-state index contributed by atoms with van der Waals surface area (Å²) in [6, 6.07) is 7.86. The van der Waals surface area contributed by atoms with Crippen LogP contribution in [0.4, 0.5) is 0 Å². The highest BCUT2D eigenvalue weighted by Crippen LogP contribution is 2.36. The molecule has 2 atom stereocenters. The normalized spacial score (nSPS) is 14.6. The van der Waals surface area contributed by atoms with Crippen molar-refractivity contribution in [3.05, 3.63) is 29.8 Å². The highest BCUT2D eigenvalue weighted by molar-refractivity contribution is 7.41. The number of unbranched alkanes of at least 4 members (excludes halogenated alkanes) is 1. The molecule has 0 aromatic heterocycles. The Kier molecular flexibility index (Phi) is 8.38. The van der Waals surface area contributed by atoms with E-state index >= 15 is 0 Å². The third-order valence-corrected chi connectivity index (χ3v) is 4.60. The summed E-state index contributed by atoms with van der Waals surface area (Å²) >= 11 is 0. The van der Waals surface area contributed by atoms with Gasteiger partial charge in [-0.2, -0.15) is 0 Å². The molecule has 0 amide bonds. The van der Waals surface area contributed by atoms with Crippen molar-refractivity contribution in [2.24, 2.45) is 5.92 Å². The van der Waals surface area contributed by atoms with Crippen molar-refractivity contribution in [3.63, 3.8) is 0 Å². The summed E-state index contributed by atoms with van der Waals surface area (Å²) in [5.41, 5.74) is 1.36. The van der Waals surface area contributed by atoms with Gasteiger partial charge in [0.1, 0.15) is 5.75 Å². The first kappa shape index (κ1) is 19.4. The molecule has 1 rings (SSSR count). The van der Waals surface area contributed by atoms with Crippen molar-refractivity contribution >= 4 is 8.60 Å².